The van der Waals surface area contributed by atoms with E-state index in [4.69, 9.17) is 16.3 Å². The number of allylic oxidation sites excluding steroid dienone is 1. The summed E-state index contributed by atoms with van der Waals surface area (Å²) in [6.45, 7) is 2.44. The van der Waals surface area contributed by atoms with Crippen LogP contribution >= 0.6 is 11.6 Å². The van der Waals surface area contributed by atoms with Crippen LogP contribution in [0.2, 0.25) is 0 Å². The summed E-state index contributed by atoms with van der Waals surface area (Å²) < 4.78 is 5.23. The summed E-state index contributed by atoms with van der Waals surface area (Å²) in [5.41, 5.74) is 0.295. The Labute approximate surface area is 158 Å². The van der Waals surface area contributed by atoms with Crippen LogP contribution in [0.4, 0.5) is 0 Å². The van der Waals surface area contributed by atoms with Crippen LogP contribution in [0.15, 0.2) is 11.3 Å². The van der Waals surface area contributed by atoms with Crippen molar-refractivity contribution in [3.8, 4) is 0 Å². The van der Waals surface area contributed by atoms with Gasteiger partial charge in [-0.2, -0.15) is 0 Å². The smallest absolute Gasteiger partial charge is 0.501 e. The van der Waals surface area contributed by atoms with E-state index in [1.54, 1.807) is 19.1 Å². The first-order valence-electron chi connectivity index (χ1n) is 7.08. The normalized spacial score (nSPS) is 25.7. The molecule has 5 heteroatoms. The van der Waals surface area contributed by atoms with E-state index in [-0.39, 0.29) is 25.4 Å². The minimum absolute atomic E-state index is 0. The van der Waals surface area contributed by atoms with E-state index in [0.29, 0.717) is 23.3 Å². The zero-order valence-electron chi connectivity index (χ0n) is 13.4. The fourth-order valence-corrected chi connectivity index (χ4v) is 2.80. The predicted octanol–water partition coefficient (Wildman–Crippen LogP) is 2.99. The molecule has 122 valence electrons. The molecule has 0 unspecified atom stereocenters. The molecule has 0 bridgehead atoms. The fourth-order valence-electron chi connectivity index (χ4n) is 2.67. The Morgan fingerprint density at radius 3 is 2.09 bits per heavy atom. The van der Waals surface area contributed by atoms with Crippen molar-refractivity contribution in [2.75, 3.05) is 20.7 Å². The van der Waals surface area contributed by atoms with E-state index >= 15 is 0 Å². The molecule has 3 aliphatic rings. The average Bonchev–Trinajstić information content (AvgIpc) is 3.15. The summed E-state index contributed by atoms with van der Waals surface area (Å²) >= 11 is 5.91. The molecule has 2 saturated carbocycles. The molecule has 0 aromatic rings. The third-order valence-corrected chi connectivity index (χ3v) is 4.07. The Morgan fingerprint density at radius 2 is 1.65 bits per heavy atom. The van der Waals surface area contributed by atoms with Gasteiger partial charge in [0.2, 0.25) is 0 Å². The Kier molecular flexibility index (Phi) is 8.59. The van der Waals surface area contributed by atoms with Crippen LogP contribution in [0.3, 0.4) is 0 Å². The maximum absolute atomic E-state index is 12.1. The summed E-state index contributed by atoms with van der Waals surface area (Å²) in [5.74, 6) is 0.670. The molecular formula is C18H20ClNO2Ru+2. The van der Waals surface area contributed by atoms with Crippen LogP contribution in [0, 0.1) is 68.6 Å². The topological polar surface area (TPSA) is 29.5 Å². The molecule has 3 rings (SSSR count). The molecule has 0 aromatic heterocycles. The van der Waals surface area contributed by atoms with Crippen molar-refractivity contribution in [3.63, 3.8) is 0 Å². The third-order valence-electron chi connectivity index (χ3n) is 3.82. The van der Waals surface area contributed by atoms with Gasteiger partial charge in [0.15, 0.2) is 0 Å². The number of likely N-dealkylation sites (N-methyl/N-ethyl adjacent to an activating group) is 1. The molecule has 0 atom stereocenters. The number of methoxy groups -OCH3 is 1. The molecule has 3 fully saturated rings. The molecular weight excluding hydrogens is 399 g/mol. The molecule has 0 N–H and O–H groups in total. The minimum atomic E-state index is -0.398. The fraction of sp³-hybridized carbons (Fsp3) is 0.278. The molecule has 1 heterocycles. The second-order valence-electron chi connectivity index (χ2n) is 5.35. The number of likely N-dealkylation sites (tertiary alicyclic amines) is 1. The number of carbonyl (C=O) groups is 1. The van der Waals surface area contributed by atoms with E-state index in [9.17, 15) is 4.79 Å². The monoisotopic (exact) mass is 419 g/mol. The van der Waals surface area contributed by atoms with E-state index in [1.807, 2.05) is 64.7 Å². The number of amides is 1. The van der Waals surface area contributed by atoms with Gasteiger partial charge in [0, 0.05) is 19.0 Å². The van der Waals surface area contributed by atoms with E-state index in [0.717, 1.165) is 0 Å². The predicted molar refractivity (Wildman–Crippen MR) is 87.6 cm³/mol. The van der Waals surface area contributed by atoms with Gasteiger partial charge in [-0.15, -0.1) is 11.6 Å². The van der Waals surface area contributed by atoms with Gasteiger partial charge >= 0.3 is 19.5 Å². The van der Waals surface area contributed by atoms with Gasteiger partial charge in [0.05, 0.1) is 18.1 Å². The summed E-state index contributed by atoms with van der Waals surface area (Å²) in [5, 5.41) is 0.673. The van der Waals surface area contributed by atoms with Gasteiger partial charge in [-0.25, -0.2) is 0 Å². The maximum atomic E-state index is 12.1. The number of hydrogen-bond donors (Lipinski definition) is 0. The number of carbonyl (C=O) groups excluding carboxylic acids is 1. The molecule has 1 amide bonds. The first-order chi connectivity index (χ1) is 10.5. The number of nitrogens with zero attached hydrogens (tertiary/aromatic N) is 1. The Bertz CT molecular complexity index is 419. The van der Waals surface area contributed by atoms with Crippen molar-refractivity contribution in [3.05, 3.63) is 74.5 Å². The molecule has 2 aliphatic carbocycles. The first kappa shape index (κ1) is 21.0. The van der Waals surface area contributed by atoms with Gasteiger partial charge < -0.3 is 9.64 Å². The summed E-state index contributed by atoms with van der Waals surface area (Å²) in [6, 6.07) is 0. The van der Waals surface area contributed by atoms with Crippen molar-refractivity contribution in [1.82, 2.24) is 4.90 Å². The molecule has 23 heavy (non-hydrogen) atoms. The number of ether oxygens (including phenoxy) is 1. The standard InChI is InChI=1S/C13H15ClNO2.C5H5.Ru/c1-9(17-3)11-12(16)15(2)8-13(11)6-4-10(14)5-7-13;1-2-4-5-3-1;/h4-7H,8H2,1-3H3;1-5H;/q;;+2/b11-9-;;. The second kappa shape index (κ2) is 9.42. The van der Waals surface area contributed by atoms with Crippen LogP contribution in [0.1, 0.15) is 6.92 Å². The van der Waals surface area contributed by atoms with Gasteiger partial charge in [-0.05, 0) is 64.7 Å². The molecule has 1 saturated heterocycles. The Balaban J connectivity index is 0.000000377. The molecule has 1 aliphatic heterocycles. The van der Waals surface area contributed by atoms with E-state index < -0.39 is 5.41 Å². The number of rotatable bonds is 1. The van der Waals surface area contributed by atoms with Gasteiger partial charge in [-0.3, -0.25) is 4.79 Å². The SMILES string of the molecule is CO/C(C)=C1/C(=O)N(C)CC12[CH][CH][C](Cl)[CH][CH]2.[CH]1[CH][CH][CH][CH]1.[Ru+2]. The van der Waals surface area contributed by atoms with Crippen LogP contribution < -0.4 is 0 Å². The summed E-state index contributed by atoms with van der Waals surface area (Å²) in [4.78, 5) is 13.8. The molecule has 1 spiro atoms. The van der Waals surface area contributed by atoms with Gasteiger partial charge in [0.1, 0.15) is 5.76 Å². The summed E-state index contributed by atoms with van der Waals surface area (Å²) in [6.07, 6.45) is 17.6. The van der Waals surface area contributed by atoms with Crippen molar-refractivity contribution in [2.24, 2.45) is 5.41 Å². The number of halogens is 1. The van der Waals surface area contributed by atoms with Gasteiger partial charge in [0.25, 0.3) is 5.91 Å². The minimum Gasteiger partial charge on any atom is -0.501 e. The van der Waals surface area contributed by atoms with E-state index in [1.165, 1.54) is 0 Å². The van der Waals surface area contributed by atoms with Crippen LogP contribution in [-0.4, -0.2) is 31.5 Å². The van der Waals surface area contributed by atoms with Crippen LogP contribution in [0.25, 0.3) is 0 Å². The summed E-state index contributed by atoms with van der Waals surface area (Å²) in [7, 11) is 3.37. The molecule has 3 nitrogen and oxygen atoms in total. The quantitative estimate of drug-likeness (QED) is 0.372. The Hall–Kier alpha value is -0.0766. The zero-order valence-corrected chi connectivity index (χ0v) is 15.9. The van der Waals surface area contributed by atoms with Gasteiger partial charge in [-0.1, -0.05) is 0 Å². The zero-order chi connectivity index (χ0) is 16.2. The van der Waals surface area contributed by atoms with Crippen LogP contribution in [0.5, 0.6) is 0 Å². The van der Waals surface area contributed by atoms with Crippen molar-refractivity contribution in [2.45, 2.75) is 6.92 Å². The first-order valence-corrected chi connectivity index (χ1v) is 7.46. The van der Waals surface area contributed by atoms with Crippen LogP contribution in [-0.2, 0) is 29.0 Å². The Morgan fingerprint density at radius 1 is 1.17 bits per heavy atom. The van der Waals surface area contributed by atoms with E-state index in [2.05, 4.69) is 0 Å². The average molecular weight is 419 g/mol. The second-order valence-corrected chi connectivity index (χ2v) is 5.79. The van der Waals surface area contributed by atoms with Crippen molar-refractivity contribution < 1.29 is 29.0 Å². The molecule has 10 radical (unpaired) electrons. The van der Waals surface area contributed by atoms with Crippen molar-refractivity contribution in [1.29, 1.82) is 0 Å². The van der Waals surface area contributed by atoms with Crippen molar-refractivity contribution >= 4 is 17.5 Å². The molecule has 0 aromatic carbocycles. The third kappa shape index (κ3) is 4.95. The largest absolute Gasteiger partial charge is 2.00 e. The number of hydrogen-bond acceptors (Lipinski definition) is 2. The maximum Gasteiger partial charge on any atom is 2.00 e.